The third kappa shape index (κ3) is 2.63. The Kier molecular flexibility index (Phi) is 3.84. The molecule has 0 saturated heterocycles. The summed E-state index contributed by atoms with van der Waals surface area (Å²) in [6.07, 6.45) is 8.32. The van der Waals surface area contributed by atoms with Crippen LogP contribution in [0.1, 0.15) is 64.0 Å². The van der Waals surface area contributed by atoms with E-state index in [0.717, 1.165) is 0 Å². The number of hydrogen-bond acceptors (Lipinski definition) is 0. The summed E-state index contributed by atoms with van der Waals surface area (Å²) in [5, 5.41) is 0. The van der Waals surface area contributed by atoms with E-state index in [1.54, 1.807) is 0 Å². The van der Waals surface area contributed by atoms with E-state index >= 15 is 0 Å². The molecule has 100 valence electrons. The first-order valence-corrected chi connectivity index (χ1v) is 7.49. The van der Waals surface area contributed by atoms with E-state index in [-0.39, 0.29) is 0 Å². The number of benzene rings is 1. The van der Waals surface area contributed by atoms with Gasteiger partial charge in [0.2, 0.25) is 0 Å². The molecule has 1 aromatic rings. The summed E-state index contributed by atoms with van der Waals surface area (Å²) >= 11 is 0. The zero-order valence-electron chi connectivity index (χ0n) is 12.6. The minimum absolute atomic E-state index is 0.402. The Morgan fingerprint density at radius 3 is 2.28 bits per heavy atom. The van der Waals surface area contributed by atoms with Gasteiger partial charge in [0.1, 0.15) is 0 Å². The maximum absolute atomic E-state index is 2.52. The quantitative estimate of drug-likeness (QED) is 0.655. The maximum atomic E-state index is 2.52. The van der Waals surface area contributed by atoms with Crippen LogP contribution in [0.5, 0.6) is 0 Å². The third-order valence-electron chi connectivity index (χ3n) is 5.48. The zero-order chi connectivity index (χ0) is 13.2. The van der Waals surface area contributed by atoms with Gasteiger partial charge in [-0.25, -0.2) is 0 Å². The van der Waals surface area contributed by atoms with Gasteiger partial charge in [0.05, 0.1) is 0 Å². The van der Waals surface area contributed by atoms with Crippen LogP contribution >= 0.6 is 0 Å². The molecule has 0 atom stereocenters. The summed E-state index contributed by atoms with van der Waals surface area (Å²) in [6, 6.07) is 8.88. The molecule has 1 aromatic carbocycles. The third-order valence-corrected chi connectivity index (χ3v) is 5.48. The van der Waals surface area contributed by atoms with Gasteiger partial charge in [-0.15, -0.1) is 0 Å². The van der Waals surface area contributed by atoms with E-state index in [1.165, 1.54) is 49.7 Å². The van der Waals surface area contributed by atoms with Crippen molar-refractivity contribution in [2.45, 2.75) is 66.2 Å². The normalized spacial score (nSPS) is 19.8. The number of aryl methyl sites for hydroxylation is 1. The lowest BCUT2D eigenvalue weighted by molar-refractivity contribution is 0.0439. The average Bonchev–Trinajstić information content (AvgIpc) is 2.33. The van der Waals surface area contributed by atoms with Crippen LogP contribution in [0.15, 0.2) is 24.3 Å². The van der Waals surface area contributed by atoms with Crippen LogP contribution in [0.25, 0.3) is 0 Å². The van der Waals surface area contributed by atoms with Crippen LogP contribution in [0, 0.1) is 17.8 Å². The minimum Gasteiger partial charge on any atom is -0.0620 e. The van der Waals surface area contributed by atoms with Crippen molar-refractivity contribution < 1.29 is 0 Å². The lowest BCUT2D eigenvalue weighted by Crippen LogP contribution is -2.38. The van der Waals surface area contributed by atoms with Gasteiger partial charge in [-0.1, -0.05) is 64.3 Å². The molecule has 2 rings (SSSR count). The average molecular weight is 244 g/mol. The van der Waals surface area contributed by atoms with Crippen LogP contribution in [0.3, 0.4) is 0 Å². The molecule has 1 fully saturated rings. The van der Waals surface area contributed by atoms with Gasteiger partial charge < -0.3 is 0 Å². The highest BCUT2D eigenvalue weighted by atomic mass is 14.5. The van der Waals surface area contributed by atoms with Gasteiger partial charge in [-0.05, 0) is 48.1 Å². The Morgan fingerprint density at radius 1 is 1.06 bits per heavy atom. The van der Waals surface area contributed by atoms with Crippen LogP contribution in [0.4, 0.5) is 0 Å². The van der Waals surface area contributed by atoms with Crippen molar-refractivity contribution in [3.05, 3.63) is 35.4 Å². The lowest BCUT2D eigenvalue weighted by atomic mass is 9.58. The van der Waals surface area contributed by atoms with E-state index in [2.05, 4.69) is 52.0 Å². The summed E-state index contributed by atoms with van der Waals surface area (Å²) in [5.41, 5.74) is 3.91. The standard InChI is InChI=1S/C18H28/c1-15-10-6-7-11-16(15)14-17(2,3)18(4)12-8-5-9-13-18/h6-7,10-11H,5,8-9,12-14H2,1-4H3. The Morgan fingerprint density at radius 2 is 1.67 bits per heavy atom. The molecule has 0 radical (unpaired) electrons. The molecule has 0 N–H and O–H groups in total. The van der Waals surface area contributed by atoms with Gasteiger partial charge >= 0.3 is 0 Å². The van der Waals surface area contributed by atoms with Crippen molar-refractivity contribution in [1.29, 1.82) is 0 Å². The van der Waals surface area contributed by atoms with Gasteiger partial charge in [-0.2, -0.15) is 0 Å². The molecule has 0 heteroatoms. The predicted molar refractivity (Wildman–Crippen MR) is 79.9 cm³/mol. The van der Waals surface area contributed by atoms with Gasteiger partial charge in [0.15, 0.2) is 0 Å². The molecule has 0 aromatic heterocycles. The molecule has 18 heavy (non-hydrogen) atoms. The van der Waals surface area contributed by atoms with Crippen molar-refractivity contribution in [1.82, 2.24) is 0 Å². The molecule has 0 nitrogen and oxygen atoms in total. The molecule has 1 aliphatic rings. The van der Waals surface area contributed by atoms with Crippen LogP contribution in [0.2, 0.25) is 0 Å². The highest BCUT2D eigenvalue weighted by molar-refractivity contribution is 5.27. The molecule has 0 heterocycles. The first-order valence-electron chi connectivity index (χ1n) is 7.49. The van der Waals surface area contributed by atoms with E-state index in [0.29, 0.717) is 10.8 Å². The van der Waals surface area contributed by atoms with E-state index in [1.807, 2.05) is 0 Å². The topological polar surface area (TPSA) is 0 Å². The molecule has 1 aliphatic carbocycles. The van der Waals surface area contributed by atoms with Crippen molar-refractivity contribution in [2.75, 3.05) is 0 Å². The Bertz CT molecular complexity index is 394. The smallest absolute Gasteiger partial charge is 0.0219 e. The SMILES string of the molecule is Cc1ccccc1CC(C)(C)C1(C)CCCCC1. The summed E-state index contributed by atoms with van der Waals surface area (Å²) in [6.45, 7) is 9.72. The molecule has 0 spiro atoms. The van der Waals surface area contributed by atoms with Gasteiger partial charge in [0.25, 0.3) is 0 Å². The van der Waals surface area contributed by atoms with Crippen molar-refractivity contribution in [3.63, 3.8) is 0 Å². The first-order chi connectivity index (χ1) is 8.45. The Balaban J connectivity index is 2.18. The number of rotatable bonds is 3. The molecule has 0 unspecified atom stereocenters. The van der Waals surface area contributed by atoms with E-state index in [9.17, 15) is 0 Å². The molecule has 0 amide bonds. The Labute approximate surface area is 113 Å². The molecular weight excluding hydrogens is 216 g/mol. The van der Waals surface area contributed by atoms with E-state index in [4.69, 9.17) is 0 Å². The Hall–Kier alpha value is -0.780. The van der Waals surface area contributed by atoms with Gasteiger partial charge in [-0.3, -0.25) is 0 Å². The monoisotopic (exact) mass is 244 g/mol. The highest BCUT2D eigenvalue weighted by Crippen LogP contribution is 2.51. The fourth-order valence-electron chi connectivity index (χ4n) is 3.51. The van der Waals surface area contributed by atoms with Crippen LogP contribution in [-0.2, 0) is 6.42 Å². The number of hydrogen-bond donors (Lipinski definition) is 0. The fraction of sp³-hybridized carbons (Fsp3) is 0.667. The molecule has 0 bridgehead atoms. The maximum Gasteiger partial charge on any atom is -0.0219 e. The highest BCUT2D eigenvalue weighted by Gasteiger charge is 2.41. The predicted octanol–water partition coefficient (Wildman–Crippen LogP) is 5.53. The summed E-state index contributed by atoms with van der Waals surface area (Å²) in [5.74, 6) is 0. The van der Waals surface area contributed by atoms with Gasteiger partial charge in [0, 0.05) is 0 Å². The zero-order valence-corrected chi connectivity index (χ0v) is 12.6. The fourth-order valence-corrected chi connectivity index (χ4v) is 3.51. The second-order valence-electron chi connectivity index (χ2n) is 7.11. The van der Waals surface area contributed by atoms with Crippen molar-refractivity contribution in [3.8, 4) is 0 Å². The molecule has 0 aliphatic heterocycles. The molecular formula is C18H28. The van der Waals surface area contributed by atoms with Crippen LogP contribution in [-0.4, -0.2) is 0 Å². The largest absolute Gasteiger partial charge is 0.0620 e. The summed E-state index contributed by atoms with van der Waals surface area (Å²) in [7, 11) is 0. The first kappa shape index (κ1) is 13.6. The second kappa shape index (κ2) is 5.07. The molecule has 1 saturated carbocycles. The summed E-state index contributed by atoms with van der Waals surface area (Å²) < 4.78 is 0. The second-order valence-corrected chi connectivity index (χ2v) is 7.11. The summed E-state index contributed by atoms with van der Waals surface area (Å²) in [4.78, 5) is 0. The van der Waals surface area contributed by atoms with E-state index < -0.39 is 0 Å². The minimum atomic E-state index is 0.402. The van der Waals surface area contributed by atoms with Crippen molar-refractivity contribution >= 4 is 0 Å². The van der Waals surface area contributed by atoms with Crippen LogP contribution < -0.4 is 0 Å². The van der Waals surface area contributed by atoms with Crippen molar-refractivity contribution in [2.24, 2.45) is 10.8 Å². The lowest BCUT2D eigenvalue weighted by Gasteiger charge is -2.47.